The Morgan fingerprint density at radius 2 is 1.15 bits per heavy atom. The van der Waals surface area contributed by atoms with Crippen LogP contribution in [-0.4, -0.2) is 33.5 Å². The first-order chi connectivity index (χ1) is 9.43. The molecule has 3 fully saturated rings. The highest BCUT2D eigenvalue weighted by molar-refractivity contribution is 6.41. The van der Waals surface area contributed by atoms with Crippen LogP contribution >= 0.6 is 0 Å². The van der Waals surface area contributed by atoms with Crippen LogP contribution in [-0.2, 0) is 9.59 Å². The van der Waals surface area contributed by atoms with E-state index in [9.17, 15) is 29.8 Å². The van der Waals surface area contributed by atoms with Crippen molar-refractivity contribution in [3.8, 4) is 0 Å². The lowest BCUT2D eigenvalue weighted by molar-refractivity contribution is -0.586. The predicted octanol–water partition coefficient (Wildman–Crippen LogP) is 0.481. The first kappa shape index (κ1) is 13.1. The quantitative estimate of drug-likeness (QED) is 0.412. The molecule has 0 aliphatic heterocycles. The normalized spacial score (nSPS) is 43.2. The minimum Gasteiger partial charge on any atom is -0.291 e. The molecule has 0 spiro atoms. The number of carbonyl (C=O) groups is 2. The number of rotatable bonds is 2. The van der Waals surface area contributed by atoms with Gasteiger partial charge in [0.25, 0.3) is 0 Å². The van der Waals surface area contributed by atoms with Gasteiger partial charge in [-0.3, -0.25) is 29.8 Å². The molecule has 20 heavy (non-hydrogen) atoms. The van der Waals surface area contributed by atoms with Crippen LogP contribution in [0.15, 0.2) is 0 Å². The zero-order valence-corrected chi connectivity index (χ0v) is 10.6. The molecule has 0 saturated heterocycles. The van der Waals surface area contributed by atoms with Gasteiger partial charge in [-0.2, -0.15) is 0 Å². The van der Waals surface area contributed by atoms with Crippen molar-refractivity contribution < 1.29 is 19.4 Å². The maximum Gasteiger partial charge on any atom is 0.222 e. The highest BCUT2D eigenvalue weighted by atomic mass is 16.6. The van der Waals surface area contributed by atoms with E-state index in [1.807, 2.05) is 0 Å². The monoisotopic (exact) mass is 282 g/mol. The summed E-state index contributed by atoms with van der Waals surface area (Å²) in [6.07, 6.45) is 0.903. The van der Waals surface area contributed by atoms with Gasteiger partial charge in [0.1, 0.15) is 0 Å². The fourth-order valence-electron chi connectivity index (χ4n) is 4.53. The van der Waals surface area contributed by atoms with E-state index in [2.05, 4.69) is 0 Å². The van der Waals surface area contributed by atoms with Crippen LogP contribution in [0.4, 0.5) is 0 Å². The molecule has 4 unspecified atom stereocenters. The van der Waals surface area contributed by atoms with E-state index < -0.39 is 57.2 Å². The van der Waals surface area contributed by atoms with Gasteiger partial charge in [-0.1, -0.05) is 0 Å². The maximum absolute atomic E-state index is 11.9. The van der Waals surface area contributed by atoms with Crippen LogP contribution < -0.4 is 0 Å². The molecule has 3 aliphatic rings. The summed E-state index contributed by atoms with van der Waals surface area (Å²) < 4.78 is 0. The number of nitro groups is 2. The summed E-state index contributed by atoms with van der Waals surface area (Å²) in [6.45, 7) is 0. The van der Waals surface area contributed by atoms with Crippen molar-refractivity contribution in [2.45, 2.75) is 37.8 Å². The number of ketones is 2. The van der Waals surface area contributed by atoms with Crippen molar-refractivity contribution in [1.82, 2.24) is 0 Å². The second kappa shape index (κ2) is 4.32. The molecule has 3 rings (SSSR count). The van der Waals surface area contributed by atoms with Crippen LogP contribution in [0.25, 0.3) is 0 Å². The Morgan fingerprint density at radius 3 is 1.50 bits per heavy atom. The van der Waals surface area contributed by atoms with E-state index in [0.717, 1.165) is 0 Å². The third-order valence-corrected chi connectivity index (χ3v) is 5.27. The van der Waals surface area contributed by atoms with Gasteiger partial charge < -0.3 is 0 Å². The Balaban J connectivity index is 2.04. The van der Waals surface area contributed by atoms with E-state index in [1.54, 1.807) is 0 Å². The average Bonchev–Trinajstić information content (AvgIpc) is 2.65. The zero-order valence-electron chi connectivity index (χ0n) is 10.6. The van der Waals surface area contributed by atoms with Gasteiger partial charge in [-0.05, 0) is 18.8 Å². The summed E-state index contributed by atoms with van der Waals surface area (Å²) in [6, 6.07) is -2.01. The number of hydrogen-bond donors (Lipinski definition) is 0. The van der Waals surface area contributed by atoms with Gasteiger partial charge in [0.05, 0.1) is 5.92 Å². The molecule has 0 N–H and O–H groups in total. The standard InChI is InChI=1S/C12H14N2O6/c15-11-5-1-3-7(13(17)18)10-8(14(19)20)4-2-6(9(5)10)12(11)16/h5-10H,1-4H2. The molecule has 0 bridgehead atoms. The lowest BCUT2D eigenvalue weighted by atomic mass is 9.61. The Labute approximate surface area is 113 Å². The van der Waals surface area contributed by atoms with Crippen molar-refractivity contribution in [3.63, 3.8) is 0 Å². The molecule has 3 saturated carbocycles. The van der Waals surface area contributed by atoms with Gasteiger partial charge >= 0.3 is 0 Å². The van der Waals surface area contributed by atoms with Gasteiger partial charge in [0.2, 0.25) is 23.7 Å². The highest BCUT2D eigenvalue weighted by Gasteiger charge is 2.64. The third-order valence-electron chi connectivity index (χ3n) is 5.27. The second-order valence-electron chi connectivity index (χ2n) is 5.96. The van der Waals surface area contributed by atoms with E-state index in [-0.39, 0.29) is 12.8 Å². The molecule has 0 radical (unpaired) electrons. The molecule has 8 heteroatoms. The van der Waals surface area contributed by atoms with Crippen molar-refractivity contribution in [3.05, 3.63) is 20.2 Å². The Morgan fingerprint density at radius 1 is 0.750 bits per heavy atom. The SMILES string of the molecule is O=C1C(=O)C2CCC([N+](=O)[O-])C3C2C1CCC3[N+](=O)[O-]. The molecule has 0 heterocycles. The van der Waals surface area contributed by atoms with Crippen molar-refractivity contribution in [1.29, 1.82) is 0 Å². The van der Waals surface area contributed by atoms with Gasteiger partial charge in [0.15, 0.2) is 0 Å². The predicted molar refractivity (Wildman–Crippen MR) is 64.0 cm³/mol. The number of nitrogens with zero attached hydrogens (tertiary/aromatic N) is 2. The Bertz CT molecular complexity index is 474. The fourth-order valence-corrected chi connectivity index (χ4v) is 4.53. The first-order valence-corrected chi connectivity index (χ1v) is 6.78. The van der Waals surface area contributed by atoms with Gasteiger partial charge in [-0.25, -0.2) is 0 Å². The smallest absolute Gasteiger partial charge is 0.222 e. The van der Waals surface area contributed by atoms with E-state index in [4.69, 9.17) is 0 Å². The molecule has 4 atom stereocenters. The topological polar surface area (TPSA) is 120 Å². The lowest BCUT2D eigenvalue weighted by Crippen LogP contribution is -2.53. The molecule has 0 amide bonds. The summed E-state index contributed by atoms with van der Waals surface area (Å²) in [5, 5.41) is 22.4. The van der Waals surface area contributed by atoms with Crippen LogP contribution in [0.3, 0.4) is 0 Å². The molecule has 0 aromatic rings. The fraction of sp³-hybridized carbons (Fsp3) is 0.833. The summed E-state index contributed by atoms with van der Waals surface area (Å²) in [7, 11) is 0. The molecule has 3 aliphatic carbocycles. The lowest BCUT2D eigenvalue weighted by Gasteiger charge is -2.40. The molecule has 8 nitrogen and oxygen atoms in total. The molecule has 0 aromatic heterocycles. The summed E-state index contributed by atoms with van der Waals surface area (Å²) in [4.78, 5) is 45.3. The van der Waals surface area contributed by atoms with E-state index in [1.165, 1.54) is 0 Å². The highest BCUT2D eigenvalue weighted by Crippen LogP contribution is 2.52. The van der Waals surface area contributed by atoms with Crippen LogP contribution in [0, 0.1) is 43.9 Å². The Kier molecular flexibility index (Phi) is 2.84. The molecular weight excluding hydrogens is 268 g/mol. The first-order valence-electron chi connectivity index (χ1n) is 6.78. The second-order valence-corrected chi connectivity index (χ2v) is 5.96. The molecule has 108 valence electrons. The molecular formula is C12H14N2O6. The van der Waals surface area contributed by atoms with Gasteiger partial charge in [0, 0.05) is 34.5 Å². The number of hydrogen-bond acceptors (Lipinski definition) is 6. The van der Waals surface area contributed by atoms with Gasteiger partial charge in [-0.15, -0.1) is 0 Å². The average molecular weight is 282 g/mol. The summed E-state index contributed by atoms with van der Waals surface area (Å²) >= 11 is 0. The van der Waals surface area contributed by atoms with E-state index >= 15 is 0 Å². The van der Waals surface area contributed by atoms with Crippen LogP contribution in [0.2, 0.25) is 0 Å². The van der Waals surface area contributed by atoms with Crippen LogP contribution in [0.5, 0.6) is 0 Å². The minimum absolute atomic E-state index is 0.148. The minimum atomic E-state index is -1.01. The number of Topliss-reactive ketones (excluding diaryl/α,β-unsaturated/α-hetero) is 2. The summed E-state index contributed by atoms with van der Waals surface area (Å²) in [5.41, 5.74) is 0. The van der Waals surface area contributed by atoms with Crippen LogP contribution in [0.1, 0.15) is 25.7 Å². The van der Waals surface area contributed by atoms with Crippen molar-refractivity contribution >= 4 is 11.6 Å². The third kappa shape index (κ3) is 1.60. The Hall–Kier alpha value is -1.86. The maximum atomic E-state index is 11.9. The van der Waals surface area contributed by atoms with Crippen molar-refractivity contribution in [2.24, 2.45) is 23.7 Å². The zero-order chi connectivity index (χ0) is 14.6. The largest absolute Gasteiger partial charge is 0.291 e. The van der Waals surface area contributed by atoms with E-state index in [0.29, 0.717) is 12.8 Å². The molecule has 0 aromatic carbocycles. The summed E-state index contributed by atoms with van der Waals surface area (Å²) in [5.74, 6) is -3.27. The number of carbonyl (C=O) groups excluding carboxylic acids is 2. The van der Waals surface area contributed by atoms with Crippen molar-refractivity contribution in [2.75, 3.05) is 0 Å².